The third kappa shape index (κ3) is 4.04. The van der Waals surface area contributed by atoms with E-state index in [4.69, 9.17) is 11.6 Å². The fourth-order valence-corrected chi connectivity index (χ4v) is 4.29. The van der Waals surface area contributed by atoms with Gasteiger partial charge in [-0.15, -0.1) is 0 Å². The van der Waals surface area contributed by atoms with Gasteiger partial charge in [0.05, 0.1) is 22.9 Å². The summed E-state index contributed by atoms with van der Waals surface area (Å²) in [6, 6.07) is 14.7. The summed E-state index contributed by atoms with van der Waals surface area (Å²) < 4.78 is 15.5. The van der Waals surface area contributed by atoms with Crippen molar-refractivity contribution in [2.45, 2.75) is 19.4 Å². The van der Waals surface area contributed by atoms with Gasteiger partial charge in [0.1, 0.15) is 17.8 Å². The van der Waals surface area contributed by atoms with E-state index >= 15 is 0 Å². The van der Waals surface area contributed by atoms with Crippen molar-refractivity contribution < 1.29 is 14.0 Å². The molecule has 3 heterocycles. The van der Waals surface area contributed by atoms with Crippen molar-refractivity contribution >= 4 is 34.9 Å². The SMILES string of the molecule is Cc1cc(NC(=O)c2ccccc2F)n(C2NC(=O)C3CNN(c4cccc(Cl)c4)C3N2)n1. The first-order chi connectivity index (χ1) is 15.9. The zero-order chi connectivity index (χ0) is 23.1. The standard InChI is InChI=1S/C22H21ClFN7O2/c1-12-9-18(26-20(32)15-7-2-3-8-17(15)24)31(29-12)22-27-19-16(21(33)28-22)11-25-30(19)14-6-4-5-13(23)10-14/h2-10,16,19,22,25,27H,11H2,1H3,(H,26,32)(H,28,33). The van der Waals surface area contributed by atoms with Gasteiger partial charge in [-0.3, -0.25) is 19.9 Å². The molecule has 2 aliphatic heterocycles. The summed E-state index contributed by atoms with van der Waals surface area (Å²) in [6.07, 6.45) is -1.13. The van der Waals surface area contributed by atoms with Gasteiger partial charge in [-0.25, -0.2) is 14.5 Å². The molecule has 2 aliphatic rings. The van der Waals surface area contributed by atoms with E-state index in [-0.39, 0.29) is 23.6 Å². The molecule has 0 saturated carbocycles. The number of fused-ring (bicyclic) bond motifs is 1. The molecule has 1 aromatic heterocycles. The van der Waals surface area contributed by atoms with E-state index in [9.17, 15) is 14.0 Å². The van der Waals surface area contributed by atoms with Crippen molar-refractivity contribution in [2.75, 3.05) is 16.9 Å². The van der Waals surface area contributed by atoms with Gasteiger partial charge in [0.2, 0.25) is 5.91 Å². The lowest BCUT2D eigenvalue weighted by Gasteiger charge is -2.37. The molecule has 3 unspecified atom stereocenters. The fraction of sp³-hybridized carbons (Fsp3) is 0.227. The fourth-order valence-electron chi connectivity index (χ4n) is 4.10. The molecule has 170 valence electrons. The van der Waals surface area contributed by atoms with Crippen LogP contribution >= 0.6 is 11.6 Å². The van der Waals surface area contributed by atoms with E-state index in [1.54, 1.807) is 31.2 Å². The highest BCUT2D eigenvalue weighted by atomic mass is 35.5. The van der Waals surface area contributed by atoms with E-state index in [2.05, 4.69) is 26.5 Å². The van der Waals surface area contributed by atoms with E-state index in [1.165, 1.54) is 22.9 Å². The number of carbonyl (C=O) groups is 2. The van der Waals surface area contributed by atoms with Crippen LogP contribution in [-0.4, -0.2) is 34.3 Å². The summed E-state index contributed by atoms with van der Waals surface area (Å²) >= 11 is 6.15. The number of nitrogens with zero attached hydrogens (tertiary/aromatic N) is 3. The number of aromatic nitrogens is 2. The van der Waals surface area contributed by atoms with Crippen LogP contribution in [0.1, 0.15) is 22.3 Å². The number of hydrogen-bond acceptors (Lipinski definition) is 6. The largest absolute Gasteiger partial charge is 0.321 e. The molecule has 5 rings (SSSR count). The van der Waals surface area contributed by atoms with Crippen LogP contribution < -0.4 is 26.4 Å². The molecule has 33 heavy (non-hydrogen) atoms. The molecule has 0 spiro atoms. The Balaban J connectivity index is 1.41. The van der Waals surface area contributed by atoms with Gasteiger partial charge in [-0.05, 0) is 37.3 Å². The average molecular weight is 470 g/mol. The quantitative estimate of drug-likeness (QED) is 0.468. The van der Waals surface area contributed by atoms with Crippen LogP contribution in [-0.2, 0) is 4.79 Å². The maximum atomic E-state index is 14.1. The van der Waals surface area contributed by atoms with Crippen LogP contribution in [0.4, 0.5) is 15.9 Å². The van der Waals surface area contributed by atoms with Crippen molar-refractivity contribution in [3.8, 4) is 0 Å². The van der Waals surface area contributed by atoms with Gasteiger partial charge in [-0.1, -0.05) is 29.8 Å². The number of rotatable bonds is 4. The molecule has 2 amide bonds. The third-order valence-electron chi connectivity index (χ3n) is 5.63. The normalized spacial score (nSPS) is 22.1. The maximum absolute atomic E-state index is 14.1. The lowest BCUT2D eigenvalue weighted by atomic mass is 10.0. The number of halogens is 2. The lowest BCUT2D eigenvalue weighted by Crippen LogP contribution is -2.61. The lowest BCUT2D eigenvalue weighted by molar-refractivity contribution is -0.129. The number of hydrazine groups is 1. The summed E-state index contributed by atoms with van der Waals surface area (Å²) in [4.78, 5) is 25.6. The second kappa shape index (κ2) is 8.47. The van der Waals surface area contributed by atoms with Crippen LogP contribution in [0.15, 0.2) is 54.6 Å². The topological polar surface area (TPSA) is 103 Å². The van der Waals surface area contributed by atoms with E-state index in [1.807, 2.05) is 17.1 Å². The Morgan fingerprint density at radius 2 is 2.03 bits per heavy atom. The zero-order valence-corrected chi connectivity index (χ0v) is 18.3. The molecular weight excluding hydrogens is 449 g/mol. The summed E-state index contributed by atoms with van der Waals surface area (Å²) in [5, 5.41) is 15.8. The van der Waals surface area contributed by atoms with Gasteiger partial charge in [0.15, 0.2) is 6.29 Å². The van der Waals surface area contributed by atoms with Crippen LogP contribution in [0.2, 0.25) is 5.02 Å². The number of benzene rings is 2. The van der Waals surface area contributed by atoms with E-state index in [0.29, 0.717) is 23.1 Å². The van der Waals surface area contributed by atoms with Gasteiger partial charge in [0, 0.05) is 17.6 Å². The van der Waals surface area contributed by atoms with Gasteiger partial charge < -0.3 is 10.6 Å². The number of amides is 2. The number of nitrogens with one attached hydrogen (secondary N) is 4. The van der Waals surface area contributed by atoms with Gasteiger partial charge in [-0.2, -0.15) is 5.10 Å². The van der Waals surface area contributed by atoms with E-state index < -0.39 is 18.0 Å². The molecule has 9 nitrogen and oxygen atoms in total. The smallest absolute Gasteiger partial charge is 0.259 e. The second-order valence-electron chi connectivity index (χ2n) is 7.89. The Hall–Kier alpha value is -3.47. The second-order valence-corrected chi connectivity index (χ2v) is 8.33. The van der Waals surface area contributed by atoms with Crippen LogP contribution in [0.3, 0.4) is 0 Å². The zero-order valence-electron chi connectivity index (χ0n) is 17.5. The van der Waals surface area contributed by atoms with Crippen LogP contribution in [0.25, 0.3) is 0 Å². The predicted octanol–water partition coefficient (Wildman–Crippen LogP) is 2.38. The highest BCUT2D eigenvalue weighted by Gasteiger charge is 2.45. The molecule has 3 atom stereocenters. The van der Waals surface area contributed by atoms with Crippen molar-refractivity contribution in [1.29, 1.82) is 0 Å². The molecular formula is C22H21ClFN7O2. The number of carbonyl (C=O) groups excluding carboxylic acids is 2. The Bertz CT molecular complexity index is 1230. The molecule has 0 radical (unpaired) electrons. The van der Waals surface area contributed by atoms with Gasteiger partial charge >= 0.3 is 0 Å². The van der Waals surface area contributed by atoms with Crippen molar-refractivity contribution in [3.63, 3.8) is 0 Å². The number of anilines is 2. The first-order valence-corrected chi connectivity index (χ1v) is 10.8. The Morgan fingerprint density at radius 3 is 2.82 bits per heavy atom. The Kier molecular flexibility index (Phi) is 5.49. The molecule has 11 heteroatoms. The number of hydrogen-bond donors (Lipinski definition) is 4. The predicted molar refractivity (Wildman–Crippen MR) is 121 cm³/mol. The third-order valence-corrected chi connectivity index (χ3v) is 5.87. The summed E-state index contributed by atoms with van der Waals surface area (Å²) in [5.74, 6) is -1.44. The molecule has 3 aromatic rings. The molecule has 0 aliphatic carbocycles. The Morgan fingerprint density at radius 1 is 1.21 bits per heavy atom. The molecule has 2 fully saturated rings. The molecule has 4 N–H and O–H groups in total. The van der Waals surface area contributed by atoms with Crippen molar-refractivity contribution in [1.82, 2.24) is 25.8 Å². The highest BCUT2D eigenvalue weighted by Crippen LogP contribution is 2.29. The first kappa shape index (κ1) is 21.4. The number of aryl methyl sites for hydroxylation is 1. The minimum absolute atomic E-state index is 0.0873. The summed E-state index contributed by atoms with van der Waals surface area (Å²) in [7, 11) is 0. The summed E-state index contributed by atoms with van der Waals surface area (Å²) in [5.41, 5.74) is 4.57. The van der Waals surface area contributed by atoms with Gasteiger partial charge in [0.25, 0.3) is 5.91 Å². The maximum Gasteiger partial charge on any atom is 0.259 e. The van der Waals surface area contributed by atoms with Crippen LogP contribution in [0.5, 0.6) is 0 Å². The highest BCUT2D eigenvalue weighted by molar-refractivity contribution is 6.30. The molecule has 2 saturated heterocycles. The van der Waals surface area contributed by atoms with Crippen LogP contribution in [0, 0.1) is 18.7 Å². The van der Waals surface area contributed by atoms with E-state index in [0.717, 1.165) is 5.69 Å². The minimum Gasteiger partial charge on any atom is -0.321 e. The van der Waals surface area contributed by atoms with Crippen molar-refractivity contribution in [2.24, 2.45) is 5.92 Å². The molecule has 2 aromatic carbocycles. The first-order valence-electron chi connectivity index (χ1n) is 10.4. The summed E-state index contributed by atoms with van der Waals surface area (Å²) in [6.45, 7) is 2.20. The Labute approximate surface area is 193 Å². The average Bonchev–Trinajstić information content (AvgIpc) is 3.37. The molecule has 0 bridgehead atoms. The monoisotopic (exact) mass is 469 g/mol. The van der Waals surface area contributed by atoms with Crippen molar-refractivity contribution in [3.05, 3.63) is 76.7 Å². The minimum atomic E-state index is -0.745.